The Morgan fingerprint density at radius 3 is 2.62 bits per heavy atom. The fourth-order valence-electron chi connectivity index (χ4n) is 2.97. The Bertz CT molecular complexity index is 578. The second-order valence-corrected chi connectivity index (χ2v) is 7.29. The highest BCUT2D eigenvalue weighted by atomic mass is 127. The number of piperidine rings is 1. The third-order valence-electron chi connectivity index (χ3n) is 4.38. The van der Waals surface area contributed by atoms with Crippen molar-refractivity contribution in [2.75, 3.05) is 26.2 Å². The minimum Gasteiger partial charge on any atom is -0.357 e. The summed E-state index contributed by atoms with van der Waals surface area (Å²) < 4.78 is 26.0. The molecule has 0 atom stereocenters. The molecular formula is C18H28BrF2IN4. The summed E-state index contributed by atoms with van der Waals surface area (Å²) >= 11 is 3.48. The minimum absolute atomic E-state index is 0. The smallest absolute Gasteiger partial charge is 0.251 e. The van der Waals surface area contributed by atoms with Crippen LogP contribution in [-0.4, -0.2) is 49.5 Å². The lowest BCUT2D eigenvalue weighted by atomic mass is 10.1. The summed E-state index contributed by atoms with van der Waals surface area (Å²) in [5, 5.41) is 6.72. The fraction of sp³-hybridized carbons (Fsp3) is 0.611. The van der Waals surface area contributed by atoms with Crippen molar-refractivity contribution in [3.05, 3.63) is 33.8 Å². The minimum atomic E-state index is -2.25. The topological polar surface area (TPSA) is 39.7 Å². The van der Waals surface area contributed by atoms with Gasteiger partial charge in [0.1, 0.15) is 0 Å². The summed E-state index contributed by atoms with van der Waals surface area (Å²) in [6.07, 6.45) is -0.541. The quantitative estimate of drug-likeness (QED) is 0.321. The standard InChI is InChI=1S/C18H27BrF2N4.HI/c1-3-22-18(23-11-14-4-5-15(19)10-13(14)2)24-16-6-8-25(9-7-16)12-17(20)21;/h4-5,10,16-17H,3,6-9,11-12H2,1-2H3,(H2,22,23,24);1H. The van der Waals surface area contributed by atoms with Crippen LogP contribution >= 0.6 is 39.9 Å². The zero-order valence-corrected chi connectivity index (χ0v) is 19.2. The Balaban J connectivity index is 0.00000338. The lowest BCUT2D eigenvalue weighted by Crippen LogP contribution is -2.49. The Kier molecular flexibility index (Phi) is 10.9. The number of halogens is 4. The van der Waals surface area contributed by atoms with Gasteiger partial charge in [-0.15, -0.1) is 24.0 Å². The van der Waals surface area contributed by atoms with Crippen molar-refractivity contribution in [2.45, 2.75) is 45.7 Å². The molecule has 1 heterocycles. The highest BCUT2D eigenvalue weighted by Crippen LogP contribution is 2.17. The lowest BCUT2D eigenvalue weighted by Gasteiger charge is -2.32. The van der Waals surface area contributed by atoms with Crippen molar-refractivity contribution in [1.82, 2.24) is 15.5 Å². The molecule has 0 bridgehead atoms. The number of alkyl halides is 2. The Hall–Kier alpha value is -0.480. The molecular weight excluding hydrogens is 517 g/mol. The van der Waals surface area contributed by atoms with Crippen LogP contribution in [0.25, 0.3) is 0 Å². The molecule has 148 valence electrons. The van der Waals surface area contributed by atoms with Gasteiger partial charge in [-0.25, -0.2) is 13.8 Å². The number of aliphatic imine (C=N–C) groups is 1. The number of likely N-dealkylation sites (tertiary alicyclic amines) is 1. The molecule has 4 nitrogen and oxygen atoms in total. The zero-order chi connectivity index (χ0) is 18.2. The Morgan fingerprint density at radius 2 is 2.04 bits per heavy atom. The van der Waals surface area contributed by atoms with E-state index in [9.17, 15) is 8.78 Å². The van der Waals surface area contributed by atoms with Crippen molar-refractivity contribution in [3.63, 3.8) is 0 Å². The maximum atomic E-state index is 12.5. The van der Waals surface area contributed by atoms with Gasteiger partial charge >= 0.3 is 0 Å². The lowest BCUT2D eigenvalue weighted by molar-refractivity contribution is 0.0744. The number of hydrogen-bond donors (Lipinski definition) is 2. The van der Waals surface area contributed by atoms with Crippen molar-refractivity contribution < 1.29 is 8.78 Å². The van der Waals surface area contributed by atoms with E-state index in [1.165, 1.54) is 11.1 Å². The highest BCUT2D eigenvalue weighted by molar-refractivity contribution is 14.0. The molecule has 26 heavy (non-hydrogen) atoms. The molecule has 1 aromatic carbocycles. The summed E-state index contributed by atoms with van der Waals surface area (Å²) in [6, 6.07) is 6.47. The molecule has 8 heteroatoms. The first-order chi connectivity index (χ1) is 12.0. The number of nitrogens with one attached hydrogen (secondary N) is 2. The normalized spacial score (nSPS) is 16.5. The van der Waals surface area contributed by atoms with Gasteiger partial charge in [-0.3, -0.25) is 4.90 Å². The van der Waals surface area contributed by atoms with E-state index < -0.39 is 6.43 Å². The maximum Gasteiger partial charge on any atom is 0.251 e. The van der Waals surface area contributed by atoms with Gasteiger partial charge in [-0.05, 0) is 49.9 Å². The SMILES string of the molecule is CCNC(=NCc1ccc(Br)cc1C)NC1CCN(CC(F)F)CC1.I. The van der Waals surface area contributed by atoms with Crippen LogP contribution in [0.4, 0.5) is 8.78 Å². The van der Waals surface area contributed by atoms with Crippen LogP contribution in [0, 0.1) is 6.92 Å². The predicted molar refractivity (Wildman–Crippen MR) is 118 cm³/mol. The number of guanidine groups is 1. The van der Waals surface area contributed by atoms with Gasteiger partial charge in [0.25, 0.3) is 6.43 Å². The van der Waals surface area contributed by atoms with E-state index in [0.717, 1.165) is 29.8 Å². The predicted octanol–water partition coefficient (Wildman–Crippen LogP) is 4.16. The van der Waals surface area contributed by atoms with E-state index in [1.807, 2.05) is 17.9 Å². The summed E-state index contributed by atoms with van der Waals surface area (Å²) in [5.41, 5.74) is 2.39. The molecule has 1 fully saturated rings. The van der Waals surface area contributed by atoms with Gasteiger partial charge in [0.05, 0.1) is 13.1 Å². The van der Waals surface area contributed by atoms with Gasteiger partial charge in [0.15, 0.2) is 5.96 Å². The summed E-state index contributed by atoms with van der Waals surface area (Å²) in [6.45, 7) is 6.79. The molecule has 2 N–H and O–H groups in total. The molecule has 0 saturated carbocycles. The van der Waals surface area contributed by atoms with Gasteiger partial charge in [0.2, 0.25) is 0 Å². The first kappa shape index (κ1) is 23.6. The average molecular weight is 545 g/mol. The first-order valence-electron chi connectivity index (χ1n) is 8.78. The number of hydrogen-bond acceptors (Lipinski definition) is 2. The van der Waals surface area contributed by atoms with Crippen molar-refractivity contribution >= 4 is 45.9 Å². The monoisotopic (exact) mass is 544 g/mol. The molecule has 0 radical (unpaired) electrons. The molecule has 1 aliphatic heterocycles. The molecule has 1 aromatic rings. The van der Waals surface area contributed by atoms with E-state index in [2.05, 4.69) is 50.6 Å². The van der Waals surface area contributed by atoms with Crippen LogP contribution in [0.2, 0.25) is 0 Å². The molecule has 0 amide bonds. The van der Waals surface area contributed by atoms with Crippen LogP contribution in [0.5, 0.6) is 0 Å². The van der Waals surface area contributed by atoms with Crippen LogP contribution in [0.1, 0.15) is 30.9 Å². The average Bonchev–Trinajstić information content (AvgIpc) is 2.55. The van der Waals surface area contributed by atoms with Gasteiger partial charge < -0.3 is 10.6 Å². The van der Waals surface area contributed by atoms with Crippen molar-refractivity contribution in [1.29, 1.82) is 0 Å². The largest absolute Gasteiger partial charge is 0.357 e. The van der Waals surface area contributed by atoms with Gasteiger partial charge in [-0.2, -0.15) is 0 Å². The Morgan fingerprint density at radius 1 is 1.35 bits per heavy atom. The summed E-state index contributed by atoms with van der Waals surface area (Å²) in [7, 11) is 0. The molecule has 2 rings (SSSR count). The van der Waals surface area contributed by atoms with E-state index in [4.69, 9.17) is 0 Å². The van der Waals surface area contributed by atoms with Crippen molar-refractivity contribution in [3.8, 4) is 0 Å². The third kappa shape index (κ3) is 8.04. The number of aryl methyl sites for hydroxylation is 1. The summed E-state index contributed by atoms with van der Waals surface area (Å²) in [4.78, 5) is 6.51. The third-order valence-corrected chi connectivity index (χ3v) is 4.87. The van der Waals surface area contributed by atoms with Crippen LogP contribution in [0.15, 0.2) is 27.7 Å². The number of benzene rings is 1. The fourth-order valence-corrected chi connectivity index (χ4v) is 3.44. The molecule has 0 aliphatic carbocycles. The Labute approximate surface area is 180 Å². The van der Waals surface area contributed by atoms with Crippen LogP contribution in [0.3, 0.4) is 0 Å². The zero-order valence-electron chi connectivity index (χ0n) is 15.3. The van der Waals surface area contributed by atoms with E-state index in [0.29, 0.717) is 19.6 Å². The van der Waals surface area contributed by atoms with E-state index >= 15 is 0 Å². The van der Waals surface area contributed by atoms with E-state index in [-0.39, 0.29) is 36.6 Å². The van der Waals surface area contributed by atoms with Crippen LogP contribution < -0.4 is 10.6 Å². The second-order valence-electron chi connectivity index (χ2n) is 6.38. The second kappa shape index (κ2) is 12.1. The number of nitrogens with zero attached hydrogens (tertiary/aromatic N) is 2. The molecule has 0 unspecified atom stereocenters. The van der Waals surface area contributed by atoms with Gasteiger partial charge in [-0.1, -0.05) is 22.0 Å². The van der Waals surface area contributed by atoms with E-state index in [1.54, 1.807) is 0 Å². The molecule has 1 saturated heterocycles. The highest BCUT2D eigenvalue weighted by Gasteiger charge is 2.21. The summed E-state index contributed by atoms with van der Waals surface area (Å²) in [5.74, 6) is 0.789. The van der Waals surface area contributed by atoms with Crippen LogP contribution in [-0.2, 0) is 6.54 Å². The van der Waals surface area contributed by atoms with Crippen molar-refractivity contribution in [2.24, 2.45) is 4.99 Å². The maximum absolute atomic E-state index is 12.5. The van der Waals surface area contributed by atoms with Gasteiger partial charge in [0, 0.05) is 30.1 Å². The first-order valence-corrected chi connectivity index (χ1v) is 9.57. The molecule has 0 spiro atoms. The molecule has 0 aromatic heterocycles. The molecule has 1 aliphatic rings. The number of rotatable bonds is 6.